The Labute approximate surface area is 122 Å². The molecule has 5 heteroatoms. The number of benzene rings is 1. The smallest absolute Gasteiger partial charge is 0.243 e. The monoisotopic (exact) mass is 326 g/mol. The van der Waals surface area contributed by atoms with Crippen LogP contribution in [0, 0.1) is 0 Å². The van der Waals surface area contributed by atoms with Crippen molar-refractivity contribution in [2.75, 3.05) is 18.4 Å². The Hall–Kier alpha value is -1.36. The summed E-state index contributed by atoms with van der Waals surface area (Å²) in [7, 11) is 0. The van der Waals surface area contributed by atoms with E-state index in [9.17, 15) is 9.59 Å². The number of hydrogen-bond acceptors (Lipinski definition) is 2. The van der Waals surface area contributed by atoms with Gasteiger partial charge in [-0.1, -0.05) is 29.3 Å². The maximum absolute atomic E-state index is 11.9. The van der Waals surface area contributed by atoms with Crippen molar-refractivity contribution in [3.63, 3.8) is 0 Å². The highest BCUT2D eigenvalue weighted by Crippen LogP contribution is 2.14. The van der Waals surface area contributed by atoms with Gasteiger partial charge in [-0.2, -0.15) is 0 Å². The third-order valence-corrected chi connectivity index (χ3v) is 3.22. The lowest BCUT2D eigenvalue weighted by Gasteiger charge is -2.20. The summed E-state index contributed by atoms with van der Waals surface area (Å²) in [6.07, 6.45) is 1.91. The predicted octanol–water partition coefficient (Wildman–Crippen LogP) is 3.04. The number of carbonyl (C=O) groups excluding carboxylic acids is 2. The largest absolute Gasteiger partial charge is 0.334 e. The lowest BCUT2D eigenvalue weighted by atomic mass is 10.3. The van der Waals surface area contributed by atoms with Crippen LogP contribution in [-0.2, 0) is 9.59 Å². The first-order valence-corrected chi connectivity index (χ1v) is 7.13. The molecule has 0 spiro atoms. The molecule has 0 atom stereocenters. The fourth-order valence-corrected chi connectivity index (χ4v) is 1.87. The van der Waals surface area contributed by atoms with Gasteiger partial charge in [0, 0.05) is 23.6 Å². The molecule has 0 fully saturated rings. The highest BCUT2D eigenvalue weighted by Gasteiger charge is 2.12. The average Bonchev–Trinajstić information content (AvgIpc) is 2.37. The maximum atomic E-state index is 11.9. The van der Waals surface area contributed by atoms with Crippen molar-refractivity contribution < 1.29 is 9.59 Å². The van der Waals surface area contributed by atoms with E-state index in [0.717, 1.165) is 23.0 Å². The van der Waals surface area contributed by atoms with Gasteiger partial charge in [-0.15, -0.1) is 0 Å². The third-order valence-electron chi connectivity index (χ3n) is 2.69. The third kappa shape index (κ3) is 5.87. The number of hydrogen-bond donors (Lipinski definition) is 1. The molecule has 0 aliphatic heterocycles. The topological polar surface area (TPSA) is 49.4 Å². The van der Waals surface area contributed by atoms with Gasteiger partial charge in [0.2, 0.25) is 11.8 Å². The Kier molecular flexibility index (Phi) is 6.56. The lowest BCUT2D eigenvalue weighted by molar-refractivity contribution is -0.132. The summed E-state index contributed by atoms with van der Waals surface area (Å²) in [4.78, 5) is 24.8. The molecular weight excluding hydrogens is 308 g/mol. The molecule has 0 radical (unpaired) electrons. The molecule has 0 aliphatic rings. The summed E-state index contributed by atoms with van der Waals surface area (Å²) < 4.78 is 0.957. The molecule has 19 heavy (non-hydrogen) atoms. The first kappa shape index (κ1) is 15.7. The van der Waals surface area contributed by atoms with E-state index in [1.807, 2.05) is 24.3 Å². The van der Waals surface area contributed by atoms with Crippen LogP contribution in [0.4, 0.5) is 5.69 Å². The molecule has 2 amide bonds. The Balaban J connectivity index is 2.52. The van der Waals surface area contributed by atoms with E-state index in [2.05, 4.69) is 28.2 Å². The quantitative estimate of drug-likeness (QED) is 0.873. The molecule has 4 nitrogen and oxygen atoms in total. The normalized spacial score (nSPS) is 10.1. The number of unbranched alkanes of at least 4 members (excludes halogenated alkanes) is 1. The second-order valence-corrected chi connectivity index (χ2v) is 5.26. The van der Waals surface area contributed by atoms with E-state index in [4.69, 9.17) is 0 Å². The molecule has 0 saturated heterocycles. The Morgan fingerprint density at radius 3 is 2.42 bits per heavy atom. The van der Waals surface area contributed by atoms with E-state index < -0.39 is 0 Å². The average molecular weight is 327 g/mol. The lowest BCUT2D eigenvalue weighted by Crippen LogP contribution is -2.37. The fourth-order valence-electron chi connectivity index (χ4n) is 1.60. The van der Waals surface area contributed by atoms with Crippen LogP contribution in [0.1, 0.15) is 26.7 Å². The number of nitrogens with one attached hydrogen (secondary N) is 1. The first-order valence-electron chi connectivity index (χ1n) is 6.34. The minimum atomic E-state index is -0.173. The van der Waals surface area contributed by atoms with Gasteiger partial charge in [0.1, 0.15) is 0 Å². The summed E-state index contributed by atoms with van der Waals surface area (Å²) in [6.45, 7) is 4.27. The summed E-state index contributed by atoms with van der Waals surface area (Å²) in [6, 6.07) is 7.34. The number of carbonyl (C=O) groups is 2. The number of nitrogens with zero attached hydrogens (tertiary/aromatic N) is 1. The van der Waals surface area contributed by atoms with Crippen molar-refractivity contribution in [1.82, 2.24) is 4.90 Å². The Morgan fingerprint density at radius 2 is 1.89 bits per heavy atom. The van der Waals surface area contributed by atoms with Gasteiger partial charge >= 0.3 is 0 Å². The number of amides is 2. The summed E-state index contributed by atoms with van der Waals surface area (Å²) >= 11 is 3.33. The Morgan fingerprint density at radius 1 is 1.26 bits per heavy atom. The van der Waals surface area contributed by atoms with Crippen LogP contribution >= 0.6 is 15.9 Å². The van der Waals surface area contributed by atoms with Crippen LogP contribution in [0.25, 0.3) is 0 Å². The molecule has 1 rings (SSSR count). The molecule has 1 aromatic rings. The molecule has 0 heterocycles. The van der Waals surface area contributed by atoms with Crippen LogP contribution in [0.2, 0.25) is 0 Å². The van der Waals surface area contributed by atoms with Crippen LogP contribution in [0.15, 0.2) is 28.7 Å². The second-order valence-electron chi connectivity index (χ2n) is 4.35. The van der Waals surface area contributed by atoms with E-state index in [-0.39, 0.29) is 18.4 Å². The van der Waals surface area contributed by atoms with Gasteiger partial charge < -0.3 is 10.2 Å². The number of anilines is 1. The molecule has 0 aromatic heterocycles. The highest BCUT2D eigenvalue weighted by atomic mass is 79.9. The van der Waals surface area contributed by atoms with Crippen LogP contribution in [-0.4, -0.2) is 29.8 Å². The predicted molar refractivity (Wildman–Crippen MR) is 79.9 cm³/mol. The zero-order chi connectivity index (χ0) is 14.3. The zero-order valence-electron chi connectivity index (χ0n) is 11.3. The summed E-state index contributed by atoms with van der Waals surface area (Å²) in [5.41, 5.74) is 0.729. The second kappa shape index (κ2) is 7.94. The SMILES string of the molecule is CCCCN(CC(=O)Nc1ccc(Br)cc1)C(C)=O. The van der Waals surface area contributed by atoms with E-state index >= 15 is 0 Å². The van der Waals surface area contributed by atoms with Crippen molar-refractivity contribution in [3.8, 4) is 0 Å². The van der Waals surface area contributed by atoms with Gasteiger partial charge in [0.25, 0.3) is 0 Å². The van der Waals surface area contributed by atoms with Crippen LogP contribution in [0.3, 0.4) is 0 Å². The minimum Gasteiger partial charge on any atom is -0.334 e. The number of rotatable bonds is 6. The first-order chi connectivity index (χ1) is 9.02. The van der Waals surface area contributed by atoms with Gasteiger partial charge in [0.15, 0.2) is 0 Å². The van der Waals surface area contributed by atoms with Crippen molar-refractivity contribution in [2.24, 2.45) is 0 Å². The van der Waals surface area contributed by atoms with Gasteiger partial charge in [-0.25, -0.2) is 0 Å². The molecule has 1 N–H and O–H groups in total. The van der Waals surface area contributed by atoms with E-state index in [1.165, 1.54) is 6.92 Å². The molecular formula is C14H19BrN2O2. The molecule has 0 unspecified atom stereocenters. The van der Waals surface area contributed by atoms with Crippen molar-refractivity contribution in [2.45, 2.75) is 26.7 Å². The molecule has 0 aliphatic carbocycles. The standard InChI is InChI=1S/C14H19BrN2O2/c1-3-4-9-17(11(2)18)10-14(19)16-13-7-5-12(15)6-8-13/h5-8H,3-4,9-10H2,1-2H3,(H,16,19). The van der Waals surface area contributed by atoms with Crippen molar-refractivity contribution in [3.05, 3.63) is 28.7 Å². The van der Waals surface area contributed by atoms with Crippen molar-refractivity contribution >= 4 is 33.4 Å². The molecule has 0 bridgehead atoms. The highest BCUT2D eigenvalue weighted by molar-refractivity contribution is 9.10. The van der Waals surface area contributed by atoms with E-state index in [0.29, 0.717) is 6.54 Å². The van der Waals surface area contributed by atoms with Crippen LogP contribution in [0.5, 0.6) is 0 Å². The van der Waals surface area contributed by atoms with Crippen molar-refractivity contribution in [1.29, 1.82) is 0 Å². The Bertz CT molecular complexity index is 432. The van der Waals surface area contributed by atoms with Gasteiger partial charge in [0.05, 0.1) is 6.54 Å². The zero-order valence-corrected chi connectivity index (χ0v) is 12.9. The van der Waals surface area contributed by atoms with Gasteiger partial charge in [-0.3, -0.25) is 9.59 Å². The molecule has 1 aromatic carbocycles. The summed E-state index contributed by atoms with van der Waals surface area (Å²) in [5.74, 6) is -0.243. The minimum absolute atomic E-state index is 0.0700. The number of halogens is 1. The van der Waals surface area contributed by atoms with Crippen LogP contribution < -0.4 is 5.32 Å². The maximum Gasteiger partial charge on any atom is 0.243 e. The molecule has 0 saturated carbocycles. The van der Waals surface area contributed by atoms with E-state index in [1.54, 1.807) is 4.90 Å². The fraction of sp³-hybridized carbons (Fsp3) is 0.429. The van der Waals surface area contributed by atoms with Gasteiger partial charge in [-0.05, 0) is 30.7 Å². The summed E-state index contributed by atoms with van der Waals surface area (Å²) in [5, 5.41) is 2.78. The molecule has 104 valence electrons.